The summed E-state index contributed by atoms with van der Waals surface area (Å²) in [6, 6.07) is 0. The first-order valence-corrected chi connectivity index (χ1v) is 5.77. The van der Waals surface area contributed by atoms with E-state index in [0.29, 0.717) is 6.42 Å². The average molecular weight is 267 g/mol. The smallest absolute Gasteiger partial charge is 0.280 e. The molecule has 0 radical (unpaired) electrons. The topological polar surface area (TPSA) is 139 Å². The number of nitrogen functional groups attached to an aromatic ring is 1. The number of nitrogens with two attached hydrogens (primary N) is 1. The summed E-state index contributed by atoms with van der Waals surface area (Å²) in [7, 11) is 0. The van der Waals surface area contributed by atoms with E-state index in [9.17, 15) is 9.90 Å². The number of fused-ring (bicyclic) bond motifs is 1. The average Bonchev–Trinajstić information content (AvgIpc) is 2.92. The molecular weight excluding hydrogens is 254 g/mol. The van der Waals surface area contributed by atoms with Crippen molar-refractivity contribution in [3.8, 4) is 0 Å². The van der Waals surface area contributed by atoms with Crippen molar-refractivity contribution in [1.29, 1.82) is 0 Å². The van der Waals surface area contributed by atoms with Crippen LogP contribution in [0, 0.1) is 0 Å². The van der Waals surface area contributed by atoms with Gasteiger partial charge in [0.2, 0.25) is 5.95 Å². The number of aliphatic hydroxyl groups excluding tert-OH is 2. The highest BCUT2D eigenvalue weighted by molar-refractivity contribution is 5.70. The highest BCUT2D eigenvalue weighted by Gasteiger charge is 2.35. The normalized spacial score (nSPS) is 27.2. The lowest BCUT2D eigenvalue weighted by molar-refractivity contribution is -0.0486. The molecule has 0 saturated carbocycles. The van der Waals surface area contributed by atoms with Gasteiger partial charge < -0.3 is 20.7 Å². The monoisotopic (exact) mass is 267 g/mol. The summed E-state index contributed by atoms with van der Waals surface area (Å²) in [5.74, 6) is -0.0366. The molecule has 0 aromatic carbocycles. The fourth-order valence-corrected chi connectivity index (χ4v) is 2.23. The Balaban J connectivity index is 2.09. The van der Waals surface area contributed by atoms with E-state index >= 15 is 0 Å². The first-order chi connectivity index (χ1) is 9.10. The van der Waals surface area contributed by atoms with Gasteiger partial charge in [-0.3, -0.25) is 14.3 Å². The van der Waals surface area contributed by atoms with Crippen LogP contribution in [0.15, 0.2) is 11.1 Å². The third-order valence-electron chi connectivity index (χ3n) is 3.09. The molecule has 1 unspecified atom stereocenters. The third kappa shape index (κ3) is 1.87. The summed E-state index contributed by atoms with van der Waals surface area (Å²) in [5.41, 5.74) is 5.40. The molecule has 102 valence electrons. The van der Waals surface area contributed by atoms with Gasteiger partial charge >= 0.3 is 0 Å². The van der Waals surface area contributed by atoms with Crippen molar-refractivity contribution in [3.63, 3.8) is 0 Å². The molecule has 1 aliphatic heterocycles. The minimum absolute atomic E-state index is 0.0366. The van der Waals surface area contributed by atoms with Gasteiger partial charge in [0.25, 0.3) is 5.56 Å². The Morgan fingerprint density at radius 3 is 3.11 bits per heavy atom. The molecule has 19 heavy (non-hydrogen) atoms. The molecule has 1 aliphatic rings. The lowest BCUT2D eigenvalue weighted by Gasteiger charge is -2.16. The molecule has 3 rings (SSSR count). The number of anilines is 1. The maximum Gasteiger partial charge on any atom is 0.280 e. The highest BCUT2D eigenvalue weighted by atomic mass is 16.5. The molecule has 1 saturated heterocycles. The van der Waals surface area contributed by atoms with Crippen molar-refractivity contribution in [2.45, 2.75) is 24.9 Å². The molecule has 0 amide bonds. The summed E-state index contributed by atoms with van der Waals surface area (Å²) >= 11 is 0. The van der Waals surface area contributed by atoms with Crippen LogP contribution in [-0.2, 0) is 4.74 Å². The SMILES string of the molecule is Nc1nc2c(ncn2C2O[C@H](CO)C[C@H]2O)c(=O)[nH]1. The number of H-pyrrole nitrogens is 1. The zero-order valence-electron chi connectivity index (χ0n) is 9.85. The largest absolute Gasteiger partial charge is 0.394 e. The van der Waals surface area contributed by atoms with Gasteiger partial charge in [-0.25, -0.2) is 4.98 Å². The van der Waals surface area contributed by atoms with E-state index in [2.05, 4.69) is 15.0 Å². The number of nitrogens with one attached hydrogen (secondary N) is 1. The second kappa shape index (κ2) is 4.30. The first-order valence-electron chi connectivity index (χ1n) is 5.77. The Morgan fingerprint density at radius 2 is 2.42 bits per heavy atom. The van der Waals surface area contributed by atoms with Gasteiger partial charge in [-0.1, -0.05) is 0 Å². The van der Waals surface area contributed by atoms with Crippen molar-refractivity contribution >= 4 is 17.1 Å². The molecule has 0 aliphatic carbocycles. The van der Waals surface area contributed by atoms with Crippen LogP contribution in [0.3, 0.4) is 0 Å². The number of aliphatic hydroxyl groups is 2. The summed E-state index contributed by atoms with van der Waals surface area (Å²) in [4.78, 5) is 21.9. The minimum Gasteiger partial charge on any atom is -0.394 e. The van der Waals surface area contributed by atoms with E-state index in [-0.39, 0.29) is 23.7 Å². The molecule has 5 N–H and O–H groups in total. The van der Waals surface area contributed by atoms with Crippen LogP contribution in [0.25, 0.3) is 11.2 Å². The molecule has 9 nitrogen and oxygen atoms in total. The van der Waals surface area contributed by atoms with Crippen molar-refractivity contribution < 1.29 is 14.9 Å². The molecule has 3 atom stereocenters. The van der Waals surface area contributed by atoms with E-state index in [1.165, 1.54) is 10.9 Å². The molecule has 0 bridgehead atoms. The Bertz CT molecular complexity index is 665. The number of ether oxygens (including phenoxy) is 1. The van der Waals surface area contributed by atoms with E-state index in [0.717, 1.165) is 0 Å². The van der Waals surface area contributed by atoms with Gasteiger partial charge in [0, 0.05) is 6.42 Å². The van der Waals surface area contributed by atoms with Crippen LogP contribution in [0.1, 0.15) is 12.6 Å². The summed E-state index contributed by atoms with van der Waals surface area (Å²) < 4.78 is 6.93. The van der Waals surface area contributed by atoms with E-state index in [4.69, 9.17) is 15.6 Å². The molecule has 1 fully saturated rings. The Kier molecular flexibility index (Phi) is 2.73. The van der Waals surface area contributed by atoms with Crippen molar-refractivity contribution in [1.82, 2.24) is 19.5 Å². The standard InChI is InChI=1S/C10H13N5O4/c11-10-13-7-6(8(18)14-10)12-3-15(7)9-5(17)1-4(2-16)19-9/h3-5,9,16-17H,1-2H2,(H3,11,13,14,18)/t4-,5+,9?/m0/s1. The van der Waals surface area contributed by atoms with Crippen LogP contribution in [0.5, 0.6) is 0 Å². The van der Waals surface area contributed by atoms with Crippen LogP contribution in [0.4, 0.5) is 5.95 Å². The number of aromatic nitrogens is 4. The van der Waals surface area contributed by atoms with Crippen molar-refractivity contribution in [3.05, 3.63) is 16.7 Å². The molecule has 0 spiro atoms. The molecule has 3 heterocycles. The lowest BCUT2D eigenvalue weighted by atomic mass is 10.2. The fourth-order valence-electron chi connectivity index (χ4n) is 2.23. The number of nitrogens with zero attached hydrogens (tertiary/aromatic N) is 3. The fraction of sp³-hybridized carbons (Fsp3) is 0.500. The number of imidazole rings is 1. The number of aromatic amines is 1. The Hall–Kier alpha value is -1.97. The minimum atomic E-state index is -0.808. The quantitative estimate of drug-likeness (QED) is 0.510. The van der Waals surface area contributed by atoms with Gasteiger partial charge in [0.05, 0.1) is 19.0 Å². The van der Waals surface area contributed by atoms with Gasteiger partial charge in [-0.15, -0.1) is 0 Å². The zero-order valence-corrected chi connectivity index (χ0v) is 9.85. The number of hydrogen-bond donors (Lipinski definition) is 4. The molecular formula is C10H13N5O4. The highest BCUT2D eigenvalue weighted by Crippen LogP contribution is 2.30. The van der Waals surface area contributed by atoms with Gasteiger partial charge in [0.1, 0.15) is 6.10 Å². The maximum atomic E-state index is 11.6. The summed E-state index contributed by atoms with van der Waals surface area (Å²) in [6.45, 7) is -0.184. The van der Waals surface area contributed by atoms with Crippen LogP contribution in [-0.4, -0.2) is 48.5 Å². The second-order valence-corrected chi connectivity index (χ2v) is 4.41. The Morgan fingerprint density at radius 1 is 1.63 bits per heavy atom. The second-order valence-electron chi connectivity index (χ2n) is 4.41. The summed E-state index contributed by atoms with van der Waals surface area (Å²) in [6.07, 6.45) is -0.330. The van der Waals surface area contributed by atoms with Gasteiger partial charge in [-0.05, 0) is 0 Å². The van der Waals surface area contributed by atoms with Crippen molar-refractivity contribution in [2.24, 2.45) is 0 Å². The molecule has 9 heteroatoms. The zero-order chi connectivity index (χ0) is 13.6. The predicted molar refractivity (Wildman–Crippen MR) is 64.2 cm³/mol. The summed E-state index contributed by atoms with van der Waals surface area (Å²) in [5, 5.41) is 19.0. The maximum absolute atomic E-state index is 11.6. The number of rotatable bonds is 2. The Labute approximate surface area is 106 Å². The van der Waals surface area contributed by atoms with Crippen LogP contribution < -0.4 is 11.3 Å². The van der Waals surface area contributed by atoms with Gasteiger partial charge in [-0.2, -0.15) is 4.98 Å². The number of hydrogen-bond acceptors (Lipinski definition) is 7. The molecule has 2 aromatic heterocycles. The molecule has 2 aromatic rings. The van der Waals surface area contributed by atoms with E-state index < -0.39 is 24.0 Å². The third-order valence-corrected chi connectivity index (χ3v) is 3.09. The first kappa shape index (κ1) is 12.1. The van der Waals surface area contributed by atoms with Crippen LogP contribution in [0.2, 0.25) is 0 Å². The van der Waals surface area contributed by atoms with E-state index in [1.54, 1.807) is 0 Å². The lowest BCUT2D eigenvalue weighted by Crippen LogP contribution is -2.20. The van der Waals surface area contributed by atoms with Crippen LogP contribution >= 0.6 is 0 Å². The van der Waals surface area contributed by atoms with E-state index in [1.807, 2.05) is 0 Å². The predicted octanol–water partition coefficient (Wildman–Crippen LogP) is -1.66. The van der Waals surface area contributed by atoms with Crippen molar-refractivity contribution in [2.75, 3.05) is 12.3 Å². The van der Waals surface area contributed by atoms with Gasteiger partial charge in [0.15, 0.2) is 17.4 Å².